The van der Waals surface area contributed by atoms with Crippen LogP contribution in [0, 0.1) is 11.7 Å². The molecule has 2 nitrogen and oxygen atoms in total. The molecule has 3 heteroatoms. The summed E-state index contributed by atoms with van der Waals surface area (Å²) < 4.78 is 12.9. The summed E-state index contributed by atoms with van der Waals surface area (Å²) in [4.78, 5) is 0. The fourth-order valence-electron chi connectivity index (χ4n) is 1.74. The van der Waals surface area contributed by atoms with Crippen molar-refractivity contribution in [3.05, 3.63) is 35.6 Å². The van der Waals surface area contributed by atoms with Crippen molar-refractivity contribution in [1.82, 2.24) is 0 Å². The fourth-order valence-corrected chi connectivity index (χ4v) is 1.74. The maximum atomic E-state index is 12.9. The zero-order chi connectivity index (χ0) is 11.3. The second-order valence-corrected chi connectivity index (χ2v) is 3.78. The molecule has 0 fully saturated rings. The standard InChI is InChI=1S/C12H18FNO/c1-2-4-10(8-14)12(15)9-5-3-6-11(13)7-9/h3,5-7,10,12,15H,2,4,8,14H2,1H3. The van der Waals surface area contributed by atoms with Crippen LogP contribution in [0.3, 0.4) is 0 Å². The van der Waals surface area contributed by atoms with E-state index >= 15 is 0 Å². The van der Waals surface area contributed by atoms with E-state index in [1.54, 1.807) is 12.1 Å². The Balaban J connectivity index is 2.77. The first-order chi connectivity index (χ1) is 7.19. The van der Waals surface area contributed by atoms with E-state index in [1.807, 2.05) is 6.92 Å². The van der Waals surface area contributed by atoms with Gasteiger partial charge in [-0.2, -0.15) is 0 Å². The molecule has 0 spiro atoms. The summed E-state index contributed by atoms with van der Waals surface area (Å²) in [6, 6.07) is 6.07. The van der Waals surface area contributed by atoms with Crippen molar-refractivity contribution >= 4 is 0 Å². The molecule has 1 rings (SSSR count). The van der Waals surface area contributed by atoms with Crippen LogP contribution < -0.4 is 5.73 Å². The van der Waals surface area contributed by atoms with Gasteiger partial charge >= 0.3 is 0 Å². The van der Waals surface area contributed by atoms with E-state index in [2.05, 4.69) is 0 Å². The van der Waals surface area contributed by atoms with Gasteiger partial charge in [-0.1, -0.05) is 25.5 Å². The minimum atomic E-state index is -0.661. The molecule has 0 heterocycles. The topological polar surface area (TPSA) is 46.2 Å². The summed E-state index contributed by atoms with van der Waals surface area (Å²) in [7, 11) is 0. The van der Waals surface area contributed by atoms with Crippen molar-refractivity contribution in [1.29, 1.82) is 0 Å². The molecule has 1 aromatic rings. The molecule has 0 aliphatic rings. The Hall–Kier alpha value is -0.930. The molecular formula is C12H18FNO. The highest BCUT2D eigenvalue weighted by molar-refractivity contribution is 5.19. The van der Waals surface area contributed by atoms with Crippen molar-refractivity contribution in [2.75, 3.05) is 6.54 Å². The number of halogens is 1. The molecule has 0 aromatic heterocycles. The lowest BCUT2D eigenvalue weighted by atomic mass is 9.92. The molecule has 0 aliphatic carbocycles. The highest BCUT2D eigenvalue weighted by Gasteiger charge is 2.18. The van der Waals surface area contributed by atoms with E-state index in [1.165, 1.54) is 12.1 Å². The Labute approximate surface area is 89.9 Å². The second-order valence-electron chi connectivity index (χ2n) is 3.78. The van der Waals surface area contributed by atoms with Crippen LogP contribution in [0.2, 0.25) is 0 Å². The van der Waals surface area contributed by atoms with E-state index in [-0.39, 0.29) is 11.7 Å². The highest BCUT2D eigenvalue weighted by atomic mass is 19.1. The monoisotopic (exact) mass is 211 g/mol. The molecule has 15 heavy (non-hydrogen) atoms. The van der Waals surface area contributed by atoms with Crippen LogP contribution in [0.5, 0.6) is 0 Å². The molecule has 84 valence electrons. The average molecular weight is 211 g/mol. The summed E-state index contributed by atoms with van der Waals surface area (Å²) in [5.41, 5.74) is 6.19. The van der Waals surface area contributed by atoms with Gasteiger partial charge in [-0.05, 0) is 30.7 Å². The third-order valence-electron chi connectivity index (χ3n) is 2.60. The molecule has 2 unspecified atom stereocenters. The van der Waals surface area contributed by atoms with Crippen LogP contribution in [-0.4, -0.2) is 11.7 Å². The van der Waals surface area contributed by atoms with Gasteiger partial charge in [0.15, 0.2) is 0 Å². The quantitative estimate of drug-likeness (QED) is 0.784. The average Bonchev–Trinajstić information content (AvgIpc) is 2.25. The van der Waals surface area contributed by atoms with Gasteiger partial charge in [-0.15, -0.1) is 0 Å². The van der Waals surface area contributed by atoms with Gasteiger partial charge in [0.05, 0.1) is 6.10 Å². The Morgan fingerprint density at radius 1 is 1.47 bits per heavy atom. The lowest BCUT2D eigenvalue weighted by molar-refractivity contribution is 0.106. The van der Waals surface area contributed by atoms with Gasteiger partial charge in [0.25, 0.3) is 0 Å². The van der Waals surface area contributed by atoms with Gasteiger partial charge in [0.2, 0.25) is 0 Å². The predicted molar refractivity (Wildman–Crippen MR) is 58.8 cm³/mol. The summed E-state index contributed by atoms with van der Waals surface area (Å²) in [5, 5.41) is 9.99. The van der Waals surface area contributed by atoms with Crippen LogP contribution in [0.25, 0.3) is 0 Å². The first-order valence-corrected chi connectivity index (χ1v) is 5.32. The van der Waals surface area contributed by atoms with Crippen molar-refractivity contribution in [2.24, 2.45) is 11.7 Å². The van der Waals surface area contributed by atoms with Gasteiger partial charge in [-0.25, -0.2) is 4.39 Å². The number of hydrogen-bond acceptors (Lipinski definition) is 2. The minimum absolute atomic E-state index is 0.0109. The smallest absolute Gasteiger partial charge is 0.123 e. The molecule has 0 radical (unpaired) electrons. The molecule has 3 N–H and O–H groups in total. The maximum Gasteiger partial charge on any atom is 0.123 e. The largest absolute Gasteiger partial charge is 0.388 e. The molecule has 2 atom stereocenters. The predicted octanol–water partition coefficient (Wildman–Crippen LogP) is 2.23. The number of aliphatic hydroxyl groups excluding tert-OH is 1. The number of aliphatic hydroxyl groups is 1. The van der Waals surface area contributed by atoms with E-state index in [0.29, 0.717) is 12.1 Å². The Kier molecular flexibility index (Phi) is 4.72. The van der Waals surface area contributed by atoms with Gasteiger partial charge < -0.3 is 10.8 Å². The summed E-state index contributed by atoms with van der Waals surface area (Å²) in [6.07, 6.45) is 1.16. The summed E-state index contributed by atoms with van der Waals surface area (Å²) >= 11 is 0. The van der Waals surface area contributed by atoms with E-state index < -0.39 is 6.10 Å². The number of benzene rings is 1. The zero-order valence-electron chi connectivity index (χ0n) is 8.99. The molecule has 0 bridgehead atoms. The van der Waals surface area contributed by atoms with E-state index in [4.69, 9.17) is 5.73 Å². The van der Waals surface area contributed by atoms with Crippen molar-refractivity contribution in [3.63, 3.8) is 0 Å². The third-order valence-corrected chi connectivity index (χ3v) is 2.60. The van der Waals surface area contributed by atoms with E-state index in [0.717, 1.165) is 12.8 Å². The third kappa shape index (κ3) is 3.29. The van der Waals surface area contributed by atoms with Crippen molar-refractivity contribution < 1.29 is 9.50 Å². The van der Waals surface area contributed by atoms with Crippen molar-refractivity contribution in [3.8, 4) is 0 Å². The highest BCUT2D eigenvalue weighted by Crippen LogP contribution is 2.25. The number of nitrogens with two attached hydrogens (primary N) is 1. The SMILES string of the molecule is CCCC(CN)C(O)c1cccc(F)c1. The second kappa shape index (κ2) is 5.83. The van der Waals surface area contributed by atoms with E-state index in [9.17, 15) is 9.50 Å². The summed E-state index contributed by atoms with van der Waals surface area (Å²) in [6.45, 7) is 2.46. The van der Waals surface area contributed by atoms with Crippen molar-refractivity contribution in [2.45, 2.75) is 25.9 Å². The van der Waals surface area contributed by atoms with Gasteiger partial charge in [-0.3, -0.25) is 0 Å². The van der Waals surface area contributed by atoms with Crippen LogP contribution in [0.15, 0.2) is 24.3 Å². The molecule has 0 amide bonds. The first kappa shape index (κ1) is 12.1. The lowest BCUT2D eigenvalue weighted by Crippen LogP contribution is -2.21. The fraction of sp³-hybridized carbons (Fsp3) is 0.500. The van der Waals surface area contributed by atoms with Crippen LogP contribution in [0.4, 0.5) is 4.39 Å². The number of rotatable bonds is 5. The number of hydrogen-bond donors (Lipinski definition) is 2. The van der Waals surface area contributed by atoms with Crippen LogP contribution >= 0.6 is 0 Å². The molecule has 0 saturated carbocycles. The normalized spacial score (nSPS) is 14.9. The van der Waals surface area contributed by atoms with Gasteiger partial charge in [0, 0.05) is 5.92 Å². The molecular weight excluding hydrogens is 193 g/mol. The maximum absolute atomic E-state index is 12.9. The first-order valence-electron chi connectivity index (χ1n) is 5.32. The van der Waals surface area contributed by atoms with Gasteiger partial charge in [0.1, 0.15) is 5.82 Å². The molecule has 1 aromatic carbocycles. The Bertz CT molecular complexity index is 303. The minimum Gasteiger partial charge on any atom is -0.388 e. The zero-order valence-corrected chi connectivity index (χ0v) is 8.99. The molecule has 0 saturated heterocycles. The Morgan fingerprint density at radius 3 is 2.73 bits per heavy atom. The van der Waals surface area contributed by atoms with Crippen LogP contribution in [0.1, 0.15) is 31.4 Å². The summed E-state index contributed by atoms with van der Waals surface area (Å²) in [5.74, 6) is -0.310. The Morgan fingerprint density at radius 2 is 2.20 bits per heavy atom. The lowest BCUT2D eigenvalue weighted by Gasteiger charge is -2.21. The molecule has 0 aliphatic heterocycles. The van der Waals surface area contributed by atoms with Crippen LogP contribution in [-0.2, 0) is 0 Å².